The van der Waals surface area contributed by atoms with E-state index in [-0.39, 0.29) is 6.61 Å². The van der Waals surface area contributed by atoms with Crippen LogP contribution >= 0.6 is 0 Å². The average Bonchev–Trinajstić information content (AvgIpc) is 2.09. The van der Waals surface area contributed by atoms with Gasteiger partial charge in [0, 0.05) is 0 Å². The van der Waals surface area contributed by atoms with Gasteiger partial charge in [-0.1, -0.05) is 0 Å². The van der Waals surface area contributed by atoms with Crippen molar-refractivity contribution in [2.45, 2.75) is 24.0 Å². The molecule has 0 saturated carbocycles. The third kappa shape index (κ3) is 1.45. The van der Waals surface area contributed by atoms with E-state index in [4.69, 9.17) is 25.8 Å². The van der Waals surface area contributed by atoms with Gasteiger partial charge in [0.15, 0.2) is 5.72 Å². The molecule has 1 aliphatic rings. The summed E-state index contributed by atoms with van der Waals surface area (Å²) < 4.78 is 4.78. The molecule has 72 valence electrons. The van der Waals surface area contributed by atoms with E-state index in [1.54, 1.807) is 0 Å². The molecule has 6 heteroatoms. The molecule has 1 aliphatic heterocycles. The number of hydrogen-bond acceptors (Lipinski definition) is 6. The van der Waals surface area contributed by atoms with Crippen LogP contribution in [0.25, 0.3) is 0 Å². The van der Waals surface area contributed by atoms with E-state index < -0.39 is 30.6 Å². The molecule has 0 aromatic heterocycles. The molecule has 0 radical (unpaired) electrons. The van der Waals surface area contributed by atoms with Crippen LogP contribution in [0.4, 0.5) is 0 Å². The number of nitrogens with two attached hydrogens (primary N) is 1. The van der Waals surface area contributed by atoms with Crippen molar-refractivity contribution in [3.63, 3.8) is 0 Å². The third-order valence-corrected chi connectivity index (χ3v) is 1.99. The second-order valence-corrected chi connectivity index (χ2v) is 2.93. The lowest BCUT2D eigenvalue weighted by atomic mass is 9.96. The van der Waals surface area contributed by atoms with Gasteiger partial charge in [0.2, 0.25) is 0 Å². The van der Waals surface area contributed by atoms with E-state index in [1.807, 2.05) is 0 Å². The van der Waals surface area contributed by atoms with E-state index in [0.29, 0.717) is 0 Å². The van der Waals surface area contributed by atoms with Crippen LogP contribution in [0, 0.1) is 0 Å². The predicted molar refractivity (Wildman–Crippen MR) is 38.0 cm³/mol. The maximum atomic E-state index is 9.25. The zero-order chi connectivity index (χ0) is 9.35. The second-order valence-electron chi connectivity index (χ2n) is 2.93. The molecule has 0 amide bonds. The fourth-order valence-electron chi connectivity index (χ4n) is 1.06. The monoisotopic (exact) mass is 179 g/mol. The molecule has 0 aromatic rings. The summed E-state index contributed by atoms with van der Waals surface area (Å²) in [6.07, 6.45) is -4.02. The topological polar surface area (TPSA) is 116 Å². The summed E-state index contributed by atoms with van der Waals surface area (Å²) in [6.45, 7) is -0.812. The van der Waals surface area contributed by atoms with E-state index in [2.05, 4.69) is 0 Å². The molecule has 6 nitrogen and oxygen atoms in total. The molecule has 1 fully saturated rings. The minimum Gasteiger partial charge on any atom is -0.392 e. The normalized spacial score (nSPS) is 49.2. The highest BCUT2D eigenvalue weighted by atomic mass is 16.6. The third-order valence-electron chi connectivity index (χ3n) is 1.99. The second kappa shape index (κ2) is 3.25. The highest BCUT2D eigenvalue weighted by molar-refractivity contribution is 4.94. The van der Waals surface area contributed by atoms with Crippen LogP contribution < -0.4 is 5.73 Å². The Morgan fingerprint density at radius 2 is 2.00 bits per heavy atom. The van der Waals surface area contributed by atoms with Crippen molar-refractivity contribution in [1.82, 2.24) is 0 Å². The summed E-state index contributed by atoms with van der Waals surface area (Å²) in [4.78, 5) is 0. The first kappa shape index (κ1) is 9.85. The molecule has 0 aromatic carbocycles. The Kier molecular flexibility index (Phi) is 2.67. The van der Waals surface area contributed by atoms with Gasteiger partial charge in [0.05, 0.1) is 13.2 Å². The van der Waals surface area contributed by atoms with Crippen LogP contribution in [0.2, 0.25) is 0 Å². The van der Waals surface area contributed by atoms with Crippen LogP contribution in [0.5, 0.6) is 0 Å². The van der Waals surface area contributed by atoms with Crippen LogP contribution in [0.1, 0.15) is 0 Å². The maximum absolute atomic E-state index is 9.25. The molecule has 4 atom stereocenters. The quantitative estimate of drug-likeness (QED) is 0.288. The Labute approximate surface area is 69.2 Å². The minimum absolute atomic E-state index is 0.199. The van der Waals surface area contributed by atoms with Gasteiger partial charge in [0.1, 0.15) is 18.3 Å². The lowest BCUT2D eigenvalue weighted by Gasteiger charge is -2.41. The van der Waals surface area contributed by atoms with Gasteiger partial charge in [-0.25, -0.2) is 0 Å². The molecule has 1 saturated heterocycles. The summed E-state index contributed by atoms with van der Waals surface area (Å²) in [5.74, 6) is 0. The molecule has 1 rings (SSSR count). The highest BCUT2D eigenvalue weighted by Gasteiger charge is 2.46. The number of hydrogen-bond donors (Lipinski definition) is 5. The SMILES string of the molecule is N[C@]1(CO)OC[C@@H](O)[C@@H](O)[C@@H]1O. The Hall–Kier alpha value is -0.240. The Balaban J connectivity index is 2.71. The number of ether oxygens (including phenoxy) is 1. The van der Waals surface area contributed by atoms with E-state index in [0.717, 1.165) is 0 Å². The van der Waals surface area contributed by atoms with Crippen molar-refractivity contribution in [2.24, 2.45) is 5.73 Å². The largest absolute Gasteiger partial charge is 0.392 e. The summed E-state index contributed by atoms with van der Waals surface area (Å²) in [5.41, 5.74) is 3.69. The maximum Gasteiger partial charge on any atom is 0.168 e. The molecule has 0 aliphatic carbocycles. The van der Waals surface area contributed by atoms with Gasteiger partial charge in [-0.15, -0.1) is 0 Å². The van der Waals surface area contributed by atoms with E-state index >= 15 is 0 Å². The Morgan fingerprint density at radius 3 is 2.50 bits per heavy atom. The van der Waals surface area contributed by atoms with Crippen LogP contribution in [-0.2, 0) is 4.74 Å². The lowest BCUT2D eigenvalue weighted by molar-refractivity contribution is -0.244. The zero-order valence-corrected chi connectivity index (χ0v) is 6.42. The predicted octanol–water partition coefficient (Wildman–Crippen LogP) is -3.25. The average molecular weight is 179 g/mol. The standard InChI is InChI=1S/C6H13NO5/c7-6(2-8)5(11)4(10)3(9)1-12-6/h3-5,8-11H,1-2,7H2/t3-,4-,5+,6-/m1/s1. The molecule has 1 heterocycles. The van der Waals surface area contributed by atoms with Gasteiger partial charge in [0.25, 0.3) is 0 Å². The molecule has 0 unspecified atom stereocenters. The molecule has 0 bridgehead atoms. The molecule has 12 heavy (non-hydrogen) atoms. The minimum atomic E-state index is -1.67. The van der Waals surface area contributed by atoms with Gasteiger partial charge < -0.3 is 25.2 Å². The Bertz CT molecular complexity index is 166. The smallest absolute Gasteiger partial charge is 0.168 e. The fourth-order valence-corrected chi connectivity index (χ4v) is 1.06. The van der Waals surface area contributed by atoms with Gasteiger partial charge in [-0.05, 0) is 0 Å². The van der Waals surface area contributed by atoms with Gasteiger partial charge >= 0.3 is 0 Å². The van der Waals surface area contributed by atoms with Crippen LogP contribution in [0.15, 0.2) is 0 Å². The first-order chi connectivity index (χ1) is 5.51. The summed E-state index contributed by atoms with van der Waals surface area (Å²) in [5, 5.41) is 36.1. The highest BCUT2D eigenvalue weighted by Crippen LogP contribution is 2.20. The van der Waals surface area contributed by atoms with E-state index in [1.165, 1.54) is 0 Å². The fraction of sp³-hybridized carbons (Fsp3) is 1.00. The first-order valence-electron chi connectivity index (χ1n) is 3.59. The number of aliphatic hydroxyl groups is 4. The van der Waals surface area contributed by atoms with E-state index in [9.17, 15) is 5.11 Å². The van der Waals surface area contributed by atoms with Gasteiger partial charge in [-0.3, -0.25) is 5.73 Å². The summed E-state index contributed by atoms with van der Waals surface area (Å²) >= 11 is 0. The van der Waals surface area contributed by atoms with Crippen molar-refractivity contribution in [3.8, 4) is 0 Å². The van der Waals surface area contributed by atoms with Crippen molar-refractivity contribution < 1.29 is 25.2 Å². The van der Waals surface area contributed by atoms with Crippen molar-refractivity contribution in [3.05, 3.63) is 0 Å². The first-order valence-corrected chi connectivity index (χ1v) is 3.59. The molecule has 6 N–H and O–H groups in total. The molecular weight excluding hydrogens is 166 g/mol. The van der Waals surface area contributed by atoms with Crippen molar-refractivity contribution in [2.75, 3.05) is 13.2 Å². The Morgan fingerprint density at radius 1 is 1.42 bits per heavy atom. The molecular formula is C6H13NO5. The van der Waals surface area contributed by atoms with Crippen LogP contribution in [0.3, 0.4) is 0 Å². The van der Waals surface area contributed by atoms with Crippen LogP contribution in [-0.4, -0.2) is 57.7 Å². The zero-order valence-electron chi connectivity index (χ0n) is 6.42. The number of rotatable bonds is 1. The lowest BCUT2D eigenvalue weighted by Crippen LogP contribution is -2.67. The summed E-state index contributed by atoms with van der Waals surface area (Å²) in [7, 11) is 0. The number of aliphatic hydroxyl groups excluding tert-OH is 4. The summed E-state index contributed by atoms with van der Waals surface area (Å²) in [6, 6.07) is 0. The van der Waals surface area contributed by atoms with Crippen molar-refractivity contribution >= 4 is 0 Å². The molecule has 0 spiro atoms. The van der Waals surface area contributed by atoms with Crippen molar-refractivity contribution in [1.29, 1.82) is 0 Å². The van der Waals surface area contributed by atoms with Gasteiger partial charge in [-0.2, -0.15) is 0 Å².